The van der Waals surface area contributed by atoms with E-state index in [0.29, 0.717) is 13.0 Å². The molecule has 0 rings (SSSR count). The van der Waals surface area contributed by atoms with Gasteiger partial charge in [0.2, 0.25) is 0 Å². The predicted octanol–water partition coefficient (Wildman–Crippen LogP) is 8.76. The van der Waals surface area contributed by atoms with E-state index in [1.54, 1.807) is 0 Å². The van der Waals surface area contributed by atoms with Gasteiger partial charge in [0, 0.05) is 6.42 Å². The molecular formula is C25H50O2. The molecule has 0 aromatic rings. The molecule has 0 aliphatic rings. The number of hydrogen-bond donors (Lipinski definition) is 0. The van der Waals surface area contributed by atoms with Crippen molar-refractivity contribution in [1.82, 2.24) is 0 Å². The smallest absolute Gasteiger partial charge is 0.305 e. The molecule has 0 spiro atoms. The Kier molecular flexibility index (Phi) is 23.0. The zero-order valence-electron chi connectivity index (χ0n) is 18.9. The summed E-state index contributed by atoms with van der Waals surface area (Å²) in [5, 5.41) is 0. The van der Waals surface area contributed by atoms with Gasteiger partial charge in [-0.3, -0.25) is 4.79 Å². The summed E-state index contributed by atoms with van der Waals surface area (Å²) in [5.41, 5.74) is 0. The normalized spacial score (nSPS) is 11.0. The van der Waals surface area contributed by atoms with Crippen molar-refractivity contribution in [2.24, 2.45) is 0 Å². The van der Waals surface area contributed by atoms with Crippen molar-refractivity contribution >= 4 is 5.97 Å². The Morgan fingerprint density at radius 1 is 0.481 bits per heavy atom. The average Bonchev–Trinajstić information content (AvgIpc) is 2.67. The molecule has 0 N–H and O–H groups in total. The molecule has 0 aliphatic carbocycles. The van der Waals surface area contributed by atoms with Crippen LogP contribution in [-0.4, -0.2) is 12.6 Å². The first kappa shape index (κ1) is 26.5. The summed E-state index contributed by atoms with van der Waals surface area (Å²) in [7, 11) is 0. The Hall–Kier alpha value is -0.530. The molecule has 2 nitrogen and oxygen atoms in total. The van der Waals surface area contributed by atoms with Gasteiger partial charge in [0.15, 0.2) is 0 Å². The lowest BCUT2D eigenvalue weighted by Gasteiger charge is -2.05. The summed E-state index contributed by atoms with van der Waals surface area (Å²) in [6.45, 7) is 5.17. The van der Waals surface area contributed by atoms with Crippen LogP contribution in [0.2, 0.25) is 0 Å². The van der Waals surface area contributed by atoms with Gasteiger partial charge in [-0.2, -0.15) is 0 Å². The van der Waals surface area contributed by atoms with Gasteiger partial charge in [0.25, 0.3) is 0 Å². The number of unbranched alkanes of at least 4 members (excludes halogenated alkanes) is 18. The maximum Gasteiger partial charge on any atom is 0.305 e. The molecular weight excluding hydrogens is 332 g/mol. The first-order valence-electron chi connectivity index (χ1n) is 12.5. The number of carbonyl (C=O) groups excluding carboxylic acids is 1. The highest BCUT2D eigenvalue weighted by atomic mass is 16.5. The van der Waals surface area contributed by atoms with Crippen LogP contribution in [0.3, 0.4) is 0 Å². The highest BCUT2D eigenvalue weighted by Gasteiger charge is 2.02. The molecule has 0 aromatic heterocycles. The van der Waals surface area contributed by atoms with Crippen LogP contribution < -0.4 is 0 Å². The topological polar surface area (TPSA) is 26.3 Å². The standard InChI is InChI=1S/C25H50O2/c1-3-5-7-9-11-13-14-15-17-19-21-23-25(26)27-24-22-20-18-16-12-10-8-6-4-2/h3-24H2,1-2H3. The Labute approximate surface area is 171 Å². The van der Waals surface area contributed by atoms with Gasteiger partial charge in [0.1, 0.15) is 0 Å². The van der Waals surface area contributed by atoms with Gasteiger partial charge in [-0.1, -0.05) is 129 Å². The van der Waals surface area contributed by atoms with Crippen molar-refractivity contribution in [3.63, 3.8) is 0 Å². The van der Waals surface area contributed by atoms with Crippen molar-refractivity contribution in [2.45, 2.75) is 149 Å². The van der Waals surface area contributed by atoms with Gasteiger partial charge in [0.05, 0.1) is 6.61 Å². The summed E-state index contributed by atoms with van der Waals surface area (Å²) in [6, 6.07) is 0. The van der Waals surface area contributed by atoms with Gasteiger partial charge in [-0.05, 0) is 12.8 Å². The summed E-state index contributed by atoms with van der Waals surface area (Å²) >= 11 is 0. The predicted molar refractivity (Wildman–Crippen MR) is 119 cm³/mol. The van der Waals surface area contributed by atoms with Crippen LogP contribution >= 0.6 is 0 Å². The first-order chi connectivity index (χ1) is 13.3. The Morgan fingerprint density at radius 2 is 0.815 bits per heavy atom. The quantitative estimate of drug-likeness (QED) is 0.138. The zero-order chi connectivity index (χ0) is 19.8. The summed E-state index contributed by atoms with van der Waals surface area (Å²) < 4.78 is 5.35. The van der Waals surface area contributed by atoms with Crippen molar-refractivity contribution in [3.05, 3.63) is 0 Å². The molecule has 0 aliphatic heterocycles. The fourth-order valence-corrected chi connectivity index (χ4v) is 3.60. The Bertz CT molecular complexity index is 288. The van der Waals surface area contributed by atoms with Gasteiger partial charge >= 0.3 is 5.97 Å². The second kappa shape index (κ2) is 23.5. The minimum absolute atomic E-state index is 0.0190. The van der Waals surface area contributed by atoms with Crippen LogP contribution in [0.4, 0.5) is 0 Å². The van der Waals surface area contributed by atoms with Crippen LogP contribution in [0.25, 0.3) is 0 Å². The van der Waals surface area contributed by atoms with Crippen LogP contribution in [-0.2, 0) is 9.53 Å². The number of carbonyl (C=O) groups is 1. The second-order valence-corrected chi connectivity index (χ2v) is 8.33. The number of hydrogen-bond acceptors (Lipinski definition) is 2. The van der Waals surface area contributed by atoms with Crippen molar-refractivity contribution in [1.29, 1.82) is 0 Å². The largest absolute Gasteiger partial charge is 0.466 e. The van der Waals surface area contributed by atoms with Gasteiger partial charge in [-0.15, -0.1) is 0 Å². The van der Waals surface area contributed by atoms with Crippen molar-refractivity contribution in [3.8, 4) is 0 Å². The van der Waals surface area contributed by atoms with E-state index < -0.39 is 0 Å². The number of ether oxygens (including phenoxy) is 1. The molecule has 0 fully saturated rings. The molecule has 0 bridgehead atoms. The molecule has 27 heavy (non-hydrogen) atoms. The molecule has 0 atom stereocenters. The lowest BCUT2D eigenvalue weighted by molar-refractivity contribution is -0.143. The van der Waals surface area contributed by atoms with Gasteiger partial charge < -0.3 is 4.74 Å². The zero-order valence-corrected chi connectivity index (χ0v) is 18.9. The minimum Gasteiger partial charge on any atom is -0.466 e. The maximum atomic E-state index is 11.7. The maximum absolute atomic E-state index is 11.7. The third-order valence-corrected chi connectivity index (χ3v) is 5.50. The molecule has 0 saturated heterocycles. The SMILES string of the molecule is CCCCCCCCCCCCCC(=O)OCCCCCCCCCCC. The van der Waals surface area contributed by atoms with Crippen molar-refractivity contribution < 1.29 is 9.53 Å². The van der Waals surface area contributed by atoms with E-state index >= 15 is 0 Å². The first-order valence-corrected chi connectivity index (χ1v) is 12.5. The van der Waals surface area contributed by atoms with Gasteiger partial charge in [-0.25, -0.2) is 0 Å². The van der Waals surface area contributed by atoms with Crippen LogP contribution in [0, 0.1) is 0 Å². The second-order valence-electron chi connectivity index (χ2n) is 8.33. The number of esters is 1. The van der Waals surface area contributed by atoms with E-state index in [1.807, 2.05) is 0 Å². The molecule has 0 amide bonds. The van der Waals surface area contributed by atoms with Crippen molar-refractivity contribution in [2.75, 3.05) is 6.61 Å². The monoisotopic (exact) mass is 382 g/mol. The molecule has 0 radical (unpaired) electrons. The van der Waals surface area contributed by atoms with E-state index in [1.165, 1.54) is 116 Å². The fourth-order valence-electron chi connectivity index (χ4n) is 3.60. The summed E-state index contributed by atoms with van der Waals surface area (Å²) in [5.74, 6) is 0.0190. The third-order valence-electron chi connectivity index (χ3n) is 5.50. The molecule has 162 valence electrons. The minimum atomic E-state index is 0.0190. The van der Waals surface area contributed by atoms with E-state index in [-0.39, 0.29) is 5.97 Å². The number of rotatable bonds is 22. The van der Waals surface area contributed by atoms with Crippen LogP contribution in [0.5, 0.6) is 0 Å². The molecule has 0 saturated carbocycles. The Balaban J connectivity index is 3.13. The van der Waals surface area contributed by atoms with E-state index in [4.69, 9.17) is 4.74 Å². The highest BCUT2D eigenvalue weighted by molar-refractivity contribution is 5.69. The van der Waals surface area contributed by atoms with Crippen LogP contribution in [0.1, 0.15) is 149 Å². The van der Waals surface area contributed by atoms with E-state index in [2.05, 4.69) is 13.8 Å². The van der Waals surface area contributed by atoms with E-state index in [9.17, 15) is 4.79 Å². The highest BCUT2D eigenvalue weighted by Crippen LogP contribution is 2.12. The fraction of sp³-hybridized carbons (Fsp3) is 0.960. The third kappa shape index (κ3) is 23.4. The summed E-state index contributed by atoms with van der Waals surface area (Å²) in [4.78, 5) is 11.7. The molecule has 0 heterocycles. The lowest BCUT2D eigenvalue weighted by atomic mass is 10.1. The Morgan fingerprint density at radius 3 is 1.22 bits per heavy atom. The van der Waals surface area contributed by atoms with E-state index in [0.717, 1.165) is 12.8 Å². The average molecular weight is 383 g/mol. The lowest BCUT2D eigenvalue weighted by Crippen LogP contribution is -2.05. The molecule has 2 heteroatoms. The molecule has 0 aromatic carbocycles. The molecule has 0 unspecified atom stereocenters. The van der Waals surface area contributed by atoms with Crippen LogP contribution in [0.15, 0.2) is 0 Å². The summed E-state index contributed by atoms with van der Waals surface area (Å²) in [6.07, 6.45) is 26.9.